The molecule has 0 fully saturated rings. The Morgan fingerprint density at radius 3 is 2.70 bits per heavy atom. The Balaban J connectivity index is 1.64. The smallest absolute Gasteiger partial charge is 0.255 e. The lowest BCUT2D eigenvalue weighted by molar-refractivity contribution is -0.116. The van der Waals surface area contributed by atoms with E-state index in [0.717, 1.165) is 57.9 Å². The quantitative estimate of drug-likeness (QED) is 0.596. The largest absolute Gasteiger partial charge is 0.332 e. The van der Waals surface area contributed by atoms with Crippen molar-refractivity contribution < 1.29 is 9.59 Å². The van der Waals surface area contributed by atoms with Gasteiger partial charge in [-0.1, -0.05) is 23.8 Å². The molecule has 2 amide bonds. The molecule has 154 valence electrons. The van der Waals surface area contributed by atoms with Crippen molar-refractivity contribution in [2.45, 2.75) is 32.6 Å². The van der Waals surface area contributed by atoms with Crippen molar-refractivity contribution >= 4 is 44.3 Å². The van der Waals surface area contributed by atoms with Crippen LogP contribution in [0.3, 0.4) is 0 Å². The molecular weight excluding hydrogens is 442 g/mol. The van der Waals surface area contributed by atoms with Crippen LogP contribution >= 0.6 is 15.9 Å². The second-order valence-corrected chi connectivity index (χ2v) is 8.68. The maximum atomic E-state index is 13.5. The lowest BCUT2D eigenvalue weighted by atomic mass is 9.89. The number of aromatic nitrogens is 1. The van der Waals surface area contributed by atoms with Crippen LogP contribution in [-0.4, -0.2) is 35.3 Å². The van der Waals surface area contributed by atoms with Crippen molar-refractivity contribution in [1.82, 2.24) is 9.88 Å². The van der Waals surface area contributed by atoms with E-state index in [4.69, 9.17) is 4.98 Å². The Hall–Kier alpha value is -2.73. The monoisotopic (exact) mass is 465 g/mol. The van der Waals surface area contributed by atoms with Crippen LogP contribution in [0.4, 0.5) is 5.69 Å². The minimum atomic E-state index is -0.235. The van der Waals surface area contributed by atoms with E-state index < -0.39 is 0 Å². The molecule has 1 aromatic heterocycles. The van der Waals surface area contributed by atoms with Crippen LogP contribution in [0, 0.1) is 6.92 Å². The first kappa shape index (κ1) is 20.5. The fourth-order valence-corrected chi connectivity index (χ4v) is 4.40. The first-order valence-electron chi connectivity index (χ1n) is 10.2. The molecule has 4 rings (SSSR count). The molecule has 0 atom stereocenters. The molecule has 0 aliphatic heterocycles. The van der Waals surface area contributed by atoms with E-state index in [1.165, 1.54) is 4.90 Å². The molecule has 1 heterocycles. The number of likely N-dealkylation sites (N-methyl/N-ethyl adjacent to an activating group) is 1. The van der Waals surface area contributed by atoms with E-state index in [1.54, 1.807) is 7.05 Å². The number of nitrogens with one attached hydrogen (secondary N) is 1. The lowest BCUT2D eigenvalue weighted by Gasteiger charge is -2.24. The zero-order valence-electron chi connectivity index (χ0n) is 17.2. The van der Waals surface area contributed by atoms with Crippen molar-refractivity contribution in [1.29, 1.82) is 0 Å². The van der Waals surface area contributed by atoms with Crippen LogP contribution in [0.1, 0.15) is 40.0 Å². The van der Waals surface area contributed by atoms with Crippen molar-refractivity contribution in [3.8, 4) is 0 Å². The van der Waals surface area contributed by atoms with Gasteiger partial charge in [-0.15, -0.1) is 0 Å². The molecule has 30 heavy (non-hydrogen) atoms. The number of aryl methyl sites for hydroxylation is 2. The van der Waals surface area contributed by atoms with Crippen molar-refractivity contribution in [3.63, 3.8) is 0 Å². The predicted molar refractivity (Wildman–Crippen MR) is 123 cm³/mol. The summed E-state index contributed by atoms with van der Waals surface area (Å²) in [5, 5.41) is 3.74. The van der Waals surface area contributed by atoms with Gasteiger partial charge in [0, 0.05) is 22.6 Å². The molecule has 0 radical (unpaired) electrons. The number of hydrogen-bond donors (Lipinski definition) is 1. The van der Waals surface area contributed by atoms with Gasteiger partial charge in [0.2, 0.25) is 5.91 Å². The summed E-state index contributed by atoms with van der Waals surface area (Å²) in [4.78, 5) is 32.4. The molecular formula is C24H24BrN3O2. The van der Waals surface area contributed by atoms with Crippen molar-refractivity contribution in [3.05, 3.63) is 69.3 Å². The Morgan fingerprint density at radius 2 is 1.90 bits per heavy atom. The molecule has 0 saturated carbocycles. The van der Waals surface area contributed by atoms with Gasteiger partial charge in [-0.25, -0.2) is 0 Å². The van der Waals surface area contributed by atoms with Crippen LogP contribution in [0.2, 0.25) is 0 Å². The fraction of sp³-hybridized carbons (Fsp3) is 0.292. The summed E-state index contributed by atoms with van der Waals surface area (Å²) < 4.78 is 0.803. The van der Waals surface area contributed by atoms with Crippen LogP contribution in [-0.2, 0) is 17.6 Å². The minimum Gasteiger partial charge on any atom is -0.332 e. The normalized spacial score (nSPS) is 13.0. The Kier molecular flexibility index (Phi) is 5.86. The molecule has 0 unspecified atom stereocenters. The number of hydrogen-bond acceptors (Lipinski definition) is 3. The number of rotatable bonds is 4. The van der Waals surface area contributed by atoms with E-state index >= 15 is 0 Å². The molecule has 1 aliphatic rings. The number of carbonyl (C=O) groups excluding carboxylic acids is 2. The standard InChI is InChI=1S/C24H24BrN3O2/c1-15-11-12-20-17(13-15)23(16-7-3-5-9-19(16)26-20)24(30)28(2)14-22(29)27-21-10-6-4-8-18(21)25/h4,6,8,10-13H,3,5,7,9,14H2,1-2H3,(H,27,29). The highest BCUT2D eigenvalue weighted by molar-refractivity contribution is 9.10. The van der Waals surface area contributed by atoms with Gasteiger partial charge in [-0.3, -0.25) is 14.6 Å². The lowest BCUT2D eigenvalue weighted by Crippen LogP contribution is -2.36. The van der Waals surface area contributed by atoms with E-state index in [1.807, 2.05) is 49.4 Å². The van der Waals surface area contributed by atoms with E-state index in [2.05, 4.69) is 21.2 Å². The molecule has 0 bridgehead atoms. The number of fused-ring (bicyclic) bond motifs is 2. The highest BCUT2D eigenvalue weighted by Gasteiger charge is 2.25. The van der Waals surface area contributed by atoms with Crippen molar-refractivity contribution in [2.24, 2.45) is 0 Å². The summed E-state index contributed by atoms with van der Waals surface area (Å²) >= 11 is 3.43. The Bertz CT molecular complexity index is 1140. The first-order valence-corrected chi connectivity index (χ1v) is 11.0. The number of carbonyl (C=O) groups is 2. The second kappa shape index (κ2) is 8.56. The minimum absolute atomic E-state index is 0.0232. The van der Waals surface area contributed by atoms with Gasteiger partial charge in [0.1, 0.15) is 0 Å². The van der Waals surface area contributed by atoms with Crippen LogP contribution < -0.4 is 5.32 Å². The van der Waals surface area contributed by atoms with E-state index in [-0.39, 0.29) is 18.4 Å². The molecule has 1 aliphatic carbocycles. The third-order valence-electron chi connectivity index (χ3n) is 5.51. The number of halogens is 1. The zero-order valence-corrected chi connectivity index (χ0v) is 18.8. The second-order valence-electron chi connectivity index (χ2n) is 7.83. The van der Waals surface area contributed by atoms with Gasteiger partial charge >= 0.3 is 0 Å². The number of amides is 2. The zero-order chi connectivity index (χ0) is 21.3. The highest BCUT2D eigenvalue weighted by Crippen LogP contribution is 2.30. The van der Waals surface area contributed by atoms with E-state index in [0.29, 0.717) is 11.3 Å². The molecule has 0 saturated heterocycles. The van der Waals surface area contributed by atoms with Gasteiger partial charge < -0.3 is 10.2 Å². The van der Waals surface area contributed by atoms with Crippen LogP contribution in [0.15, 0.2) is 46.9 Å². The number of para-hydroxylation sites is 1. The topological polar surface area (TPSA) is 62.3 Å². The molecule has 1 N–H and O–H groups in total. The van der Waals surface area contributed by atoms with Crippen LogP contribution in [0.25, 0.3) is 10.9 Å². The Morgan fingerprint density at radius 1 is 1.13 bits per heavy atom. The first-order chi connectivity index (χ1) is 14.4. The third kappa shape index (κ3) is 4.10. The molecule has 2 aromatic carbocycles. The van der Waals surface area contributed by atoms with Gasteiger partial charge in [0.15, 0.2) is 0 Å². The fourth-order valence-electron chi connectivity index (χ4n) is 4.01. The number of pyridine rings is 1. The van der Waals surface area contributed by atoms with Crippen LogP contribution in [0.5, 0.6) is 0 Å². The number of nitrogens with zero attached hydrogens (tertiary/aromatic N) is 2. The summed E-state index contributed by atoms with van der Waals surface area (Å²) in [5.74, 6) is -0.366. The molecule has 6 heteroatoms. The average Bonchev–Trinajstić information content (AvgIpc) is 2.73. The number of anilines is 1. The summed E-state index contributed by atoms with van der Waals surface area (Å²) in [6, 6.07) is 13.5. The van der Waals surface area contributed by atoms with E-state index in [9.17, 15) is 9.59 Å². The summed E-state index contributed by atoms with van der Waals surface area (Å²) in [6.45, 7) is 1.99. The summed E-state index contributed by atoms with van der Waals surface area (Å²) in [7, 11) is 1.68. The van der Waals surface area contributed by atoms with Gasteiger partial charge in [-0.2, -0.15) is 0 Å². The van der Waals surface area contributed by atoms with Gasteiger partial charge in [-0.05, 0) is 78.4 Å². The summed E-state index contributed by atoms with van der Waals surface area (Å²) in [5.41, 5.74) is 5.38. The molecule has 5 nitrogen and oxygen atoms in total. The van der Waals surface area contributed by atoms with Gasteiger partial charge in [0.25, 0.3) is 5.91 Å². The summed E-state index contributed by atoms with van der Waals surface area (Å²) in [6.07, 6.45) is 3.89. The maximum Gasteiger partial charge on any atom is 0.255 e. The maximum absolute atomic E-state index is 13.5. The molecule has 0 spiro atoms. The number of benzene rings is 2. The SMILES string of the molecule is Cc1ccc2nc3c(c(C(=O)N(C)CC(=O)Nc4ccccc4Br)c2c1)CCCC3. The predicted octanol–water partition coefficient (Wildman–Crippen LogP) is 4.90. The van der Waals surface area contributed by atoms with Crippen molar-refractivity contribution in [2.75, 3.05) is 18.9 Å². The Labute approximate surface area is 184 Å². The highest BCUT2D eigenvalue weighted by atomic mass is 79.9. The van der Waals surface area contributed by atoms with Gasteiger partial charge in [0.05, 0.1) is 23.3 Å². The molecule has 3 aromatic rings. The average molecular weight is 466 g/mol. The third-order valence-corrected chi connectivity index (χ3v) is 6.20.